The van der Waals surface area contributed by atoms with Crippen LogP contribution in [0, 0.1) is 50.7 Å². The zero-order valence-corrected chi connectivity index (χ0v) is 31.1. The number of carbonyl (C=O) groups excluding carboxylic acids is 3. The summed E-state index contributed by atoms with van der Waals surface area (Å²) in [5.41, 5.74) is 0.727. The molecule has 8 atom stereocenters. The van der Waals surface area contributed by atoms with E-state index < -0.39 is 22.9 Å². The molecule has 1 aromatic rings. The second-order valence-electron chi connectivity index (χ2n) is 18.5. The molecule has 3 unspecified atom stereocenters. The molecule has 0 aromatic carbocycles. The highest BCUT2D eigenvalue weighted by Gasteiger charge is 2.69. The van der Waals surface area contributed by atoms with Crippen molar-refractivity contribution in [2.45, 2.75) is 138 Å². The highest BCUT2D eigenvalue weighted by Crippen LogP contribution is 2.75. The maximum absolute atomic E-state index is 13.9. The maximum atomic E-state index is 13.9. The highest BCUT2D eigenvalue weighted by atomic mass is 16.5. The van der Waals surface area contributed by atoms with Gasteiger partial charge in [0.15, 0.2) is 0 Å². The Hall–Kier alpha value is -3.10. The lowest BCUT2D eigenvalue weighted by Crippen LogP contribution is -2.65. The summed E-state index contributed by atoms with van der Waals surface area (Å²) < 4.78 is 6.14. The SMILES string of the molecule is CC(C)C1C(=O)C[C@]2(NC(=O)c3ccncn3)CC[C@]3(C)C(=C12)CCC1[C@@]2(C)CC[C@H](OC(=O)CC(C)(C)C(=O)O)C(C)(C)C2CC[C@]13C. The second kappa shape index (κ2) is 11.7. The van der Waals surface area contributed by atoms with Gasteiger partial charge in [0.1, 0.15) is 23.9 Å². The number of aromatic nitrogens is 2. The number of allylic oxidation sites excluding steroid dienone is 1. The van der Waals surface area contributed by atoms with Crippen LogP contribution in [0.3, 0.4) is 0 Å². The molecule has 2 N–H and O–H groups in total. The second-order valence-corrected chi connectivity index (χ2v) is 18.5. The molecule has 0 saturated heterocycles. The first-order chi connectivity index (χ1) is 22.7. The summed E-state index contributed by atoms with van der Waals surface area (Å²) in [5, 5.41) is 13.0. The van der Waals surface area contributed by atoms with E-state index in [1.165, 1.54) is 17.5 Å². The van der Waals surface area contributed by atoms with Gasteiger partial charge in [0, 0.05) is 24.0 Å². The van der Waals surface area contributed by atoms with Gasteiger partial charge in [-0.3, -0.25) is 19.2 Å². The maximum Gasteiger partial charge on any atom is 0.309 e. The monoisotopic (exact) mass is 675 g/mol. The minimum absolute atomic E-state index is 0.0000702. The summed E-state index contributed by atoms with van der Waals surface area (Å²) in [6.45, 7) is 19.4. The molecular weight excluding hydrogens is 618 g/mol. The number of ether oxygens (including phenoxy) is 1. The molecule has 1 amide bonds. The fourth-order valence-corrected chi connectivity index (χ4v) is 12.2. The van der Waals surface area contributed by atoms with Crippen LogP contribution in [0.5, 0.6) is 0 Å². The molecule has 49 heavy (non-hydrogen) atoms. The summed E-state index contributed by atoms with van der Waals surface area (Å²) >= 11 is 0. The van der Waals surface area contributed by atoms with E-state index in [2.05, 4.69) is 63.8 Å². The van der Waals surface area contributed by atoms with Crippen LogP contribution in [0.15, 0.2) is 29.7 Å². The molecule has 9 nitrogen and oxygen atoms in total. The van der Waals surface area contributed by atoms with Crippen LogP contribution in [0.4, 0.5) is 0 Å². The molecule has 4 fully saturated rings. The van der Waals surface area contributed by atoms with Crippen LogP contribution >= 0.6 is 0 Å². The molecule has 1 aromatic heterocycles. The molecule has 5 aliphatic rings. The number of carboxylic acid groups (broad SMARTS) is 1. The third-order valence-electron chi connectivity index (χ3n) is 14.9. The number of rotatable bonds is 7. The Morgan fingerprint density at radius 3 is 2.37 bits per heavy atom. The molecule has 0 spiro atoms. The number of hydrogen-bond donors (Lipinski definition) is 2. The number of ketones is 1. The van der Waals surface area contributed by atoms with E-state index in [4.69, 9.17) is 4.74 Å². The van der Waals surface area contributed by atoms with Gasteiger partial charge in [0.25, 0.3) is 5.91 Å². The van der Waals surface area contributed by atoms with E-state index in [9.17, 15) is 24.3 Å². The number of aliphatic carboxylic acids is 1. The number of nitrogens with one attached hydrogen (secondary N) is 1. The number of esters is 1. The summed E-state index contributed by atoms with van der Waals surface area (Å²) in [6, 6.07) is 1.63. The van der Waals surface area contributed by atoms with Gasteiger partial charge in [-0.1, -0.05) is 54.0 Å². The normalized spacial score (nSPS) is 38.2. The molecule has 1 heterocycles. The van der Waals surface area contributed by atoms with Crippen LogP contribution in [-0.2, 0) is 19.1 Å². The molecular formula is C40H57N3O6. The summed E-state index contributed by atoms with van der Waals surface area (Å²) in [6.07, 6.45) is 10.3. The third-order valence-corrected chi connectivity index (χ3v) is 14.9. The topological polar surface area (TPSA) is 136 Å². The lowest BCUT2D eigenvalue weighted by atomic mass is 9.34. The highest BCUT2D eigenvalue weighted by molar-refractivity contribution is 5.97. The zero-order chi connectivity index (χ0) is 35.9. The quantitative estimate of drug-likeness (QED) is 0.226. The Kier molecular flexibility index (Phi) is 8.55. The van der Waals surface area contributed by atoms with Crippen molar-refractivity contribution in [2.24, 2.45) is 50.7 Å². The van der Waals surface area contributed by atoms with Crippen molar-refractivity contribution < 1.29 is 29.0 Å². The molecule has 0 bridgehead atoms. The Bertz CT molecular complexity index is 1580. The van der Waals surface area contributed by atoms with E-state index in [1.807, 2.05) is 0 Å². The number of hydrogen-bond acceptors (Lipinski definition) is 7. The van der Waals surface area contributed by atoms with E-state index in [0.29, 0.717) is 24.0 Å². The molecule has 5 aliphatic carbocycles. The molecule has 268 valence electrons. The van der Waals surface area contributed by atoms with E-state index >= 15 is 0 Å². The number of fused-ring (bicyclic) bond motifs is 6. The largest absolute Gasteiger partial charge is 0.481 e. The standard InChI is InChI=1S/C40H57N3O6/c1-23(2)31-26(44)20-40(43-33(46)25-14-19-41-22-42-25)18-17-38(8)24(32(31)40)10-11-28-37(7)15-13-29(49-30(45)21-35(3,4)34(47)48)36(5,6)27(37)12-16-39(28,38)9/h14,19,22-23,27-29,31H,10-13,15-18,20-21H2,1-9H3,(H,43,46)(H,47,48)/t27?,28?,29-,31?,37-,38+,39+,40+/m0/s1. The number of carbonyl (C=O) groups is 4. The Morgan fingerprint density at radius 2 is 1.73 bits per heavy atom. The van der Waals surface area contributed by atoms with Crippen molar-refractivity contribution in [3.8, 4) is 0 Å². The van der Waals surface area contributed by atoms with Crippen LogP contribution in [0.25, 0.3) is 0 Å². The molecule has 0 radical (unpaired) electrons. The summed E-state index contributed by atoms with van der Waals surface area (Å²) in [7, 11) is 0. The van der Waals surface area contributed by atoms with Gasteiger partial charge < -0.3 is 15.2 Å². The Labute approximate surface area is 291 Å². The van der Waals surface area contributed by atoms with Gasteiger partial charge in [-0.15, -0.1) is 0 Å². The molecule has 0 aliphatic heterocycles. The van der Waals surface area contributed by atoms with Crippen molar-refractivity contribution in [1.29, 1.82) is 0 Å². The number of amides is 1. The van der Waals surface area contributed by atoms with Crippen LogP contribution in [0.1, 0.15) is 137 Å². The molecule has 4 saturated carbocycles. The van der Waals surface area contributed by atoms with Gasteiger partial charge in [-0.2, -0.15) is 0 Å². The van der Waals surface area contributed by atoms with Crippen molar-refractivity contribution >= 4 is 23.6 Å². The fourth-order valence-electron chi connectivity index (χ4n) is 12.2. The minimum atomic E-state index is -1.17. The third kappa shape index (κ3) is 5.30. The minimum Gasteiger partial charge on any atom is -0.481 e. The van der Waals surface area contributed by atoms with E-state index in [0.717, 1.165) is 51.4 Å². The predicted molar refractivity (Wildman–Crippen MR) is 185 cm³/mol. The Morgan fingerprint density at radius 1 is 1.02 bits per heavy atom. The smallest absolute Gasteiger partial charge is 0.309 e. The fraction of sp³-hybridized carbons (Fsp3) is 0.750. The number of carboxylic acids is 1. The average Bonchev–Trinajstić information content (AvgIpc) is 3.30. The first kappa shape index (κ1) is 35.7. The first-order valence-electron chi connectivity index (χ1n) is 18.5. The van der Waals surface area contributed by atoms with Crippen LogP contribution in [-0.4, -0.2) is 50.3 Å². The van der Waals surface area contributed by atoms with Gasteiger partial charge in [0.05, 0.1) is 17.4 Å². The van der Waals surface area contributed by atoms with Crippen LogP contribution in [0.2, 0.25) is 0 Å². The predicted octanol–water partition coefficient (Wildman–Crippen LogP) is 7.35. The van der Waals surface area contributed by atoms with Crippen LogP contribution < -0.4 is 5.32 Å². The number of nitrogens with zero attached hydrogens (tertiary/aromatic N) is 2. The lowest BCUT2D eigenvalue weighted by Gasteiger charge is -2.70. The van der Waals surface area contributed by atoms with E-state index in [1.54, 1.807) is 26.1 Å². The molecule has 9 heteroatoms. The van der Waals surface area contributed by atoms with Gasteiger partial charge in [-0.05, 0) is 111 Å². The first-order valence-corrected chi connectivity index (χ1v) is 18.5. The summed E-state index contributed by atoms with van der Waals surface area (Å²) in [5.74, 6) is -0.722. The number of Topliss-reactive ketones (excluding diaryl/α,β-unsaturated/α-hetero) is 1. The summed E-state index contributed by atoms with van der Waals surface area (Å²) in [4.78, 5) is 60.5. The van der Waals surface area contributed by atoms with Crippen molar-refractivity contribution in [3.63, 3.8) is 0 Å². The van der Waals surface area contributed by atoms with E-state index in [-0.39, 0.29) is 57.7 Å². The average molecular weight is 676 g/mol. The zero-order valence-electron chi connectivity index (χ0n) is 31.1. The van der Waals surface area contributed by atoms with Crippen molar-refractivity contribution in [2.75, 3.05) is 0 Å². The van der Waals surface area contributed by atoms with Gasteiger partial charge in [0.2, 0.25) is 0 Å². The van der Waals surface area contributed by atoms with Gasteiger partial charge >= 0.3 is 11.9 Å². The van der Waals surface area contributed by atoms with Crippen molar-refractivity contribution in [1.82, 2.24) is 15.3 Å². The Balaban J connectivity index is 1.33. The molecule has 6 rings (SSSR count). The lowest BCUT2D eigenvalue weighted by molar-refractivity contribution is -0.214. The van der Waals surface area contributed by atoms with Gasteiger partial charge in [-0.25, -0.2) is 9.97 Å². The van der Waals surface area contributed by atoms with Crippen molar-refractivity contribution in [3.05, 3.63) is 35.4 Å².